The summed E-state index contributed by atoms with van der Waals surface area (Å²) in [5.41, 5.74) is 1.87. The van der Waals surface area contributed by atoms with Crippen LogP contribution in [-0.4, -0.2) is 13.1 Å². The zero-order chi connectivity index (χ0) is 10.8. The maximum atomic E-state index is 13.0. The van der Waals surface area contributed by atoms with Crippen molar-refractivity contribution in [3.63, 3.8) is 0 Å². The summed E-state index contributed by atoms with van der Waals surface area (Å²) >= 11 is 0. The van der Waals surface area contributed by atoms with Gasteiger partial charge in [-0.1, -0.05) is 13.8 Å². The third-order valence-corrected chi connectivity index (χ3v) is 3.03. The summed E-state index contributed by atoms with van der Waals surface area (Å²) in [6.07, 6.45) is 0. The van der Waals surface area contributed by atoms with Gasteiger partial charge in [-0.05, 0) is 30.0 Å². The monoisotopic (exact) mass is 208 g/mol. The smallest absolute Gasteiger partial charge is 0.125 e. The highest BCUT2D eigenvalue weighted by Gasteiger charge is 2.17. The van der Waals surface area contributed by atoms with E-state index < -0.39 is 0 Å². The highest BCUT2D eigenvalue weighted by molar-refractivity contribution is 5.69. The molecule has 0 aliphatic carbocycles. The molecule has 1 atom stereocenters. The molecule has 0 saturated heterocycles. The van der Waals surface area contributed by atoms with Gasteiger partial charge in [0, 0.05) is 13.1 Å². The maximum absolute atomic E-state index is 13.0. The summed E-state index contributed by atoms with van der Waals surface area (Å²) in [5.74, 6) is 1.02. The first kappa shape index (κ1) is 10.3. The molecule has 82 valence electrons. The lowest BCUT2D eigenvalue weighted by molar-refractivity contribution is 0.426. The molecular formula is C12H17FN2. The lowest BCUT2D eigenvalue weighted by atomic mass is 9.96. The van der Waals surface area contributed by atoms with Crippen LogP contribution in [0.4, 0.5) is 15.8 Å². The van der Waals surface area contributed by atoms with Gasteiger partial charge in [0.05, 0.1) is 11.4 Å². The summed E-state index contributed by atoms with van der Waals surface area (Å²) in [4.78, 5) is 0. The van der Waals surface area contributed by atoms with E-state index >= 15 is 0 Å². The van der Waals surface area contributed by atoms with Crippen LogP contribution in [0.1, 0.15) is 13.8 Å². The molecule has 2 N–H and O–H groups in total. The summed E-state index contributed by atoms with van der Waals surface area (Å²) in [7, 11) is 0. The molecule has 1 aliphatic heterocycles. The van der Waals surface area contributed by atoms with Gasteiger partial charge >= 0.3 is 0 Å². The Hall–Kier alpha value is -1.25. The Morgan fingerprint density at radius 2 is 1.87 bits per heavy atom. The molecule has 15 heavy (non-hydrogen) atoms. The molecule has 0 fully saturated rings. The van der Waals surface area contributed by atoms with Crippen LogP contribution in [0.2, 0.25) is 0 Å². The zero-order valence-corrected chi connectivity index (χ0v) is 9.18. The lowest BCUT2D eigenvalue weighted by Crippen LogP contribution is -2.23. The average Bonchev–Trinajstić information content (AvgIpc) is 2.39. The van der Waals surface area contributed by atoms with Crippen molar-refractivity contribution in [2.75, 3.05) is 23.7 Å². The summed E-state index contributed by atoms with van der Waals surface area (Å²) < 4.78 is 13.0. The van der Waals surface area contributed by atoms with E-state index in [1.165, 1.54) is 6.07 Å². The minimum absolute atomic E-state index is 0.189. The van der Waals surface area contributed by atoms with Crippen molar-refractivity contribution in [3.05, 3.63) is 24.0 Å². The third-order valence-electron chi connectivity index (χ3n) is 3.03. The van der Waals surface area contributed by atoms with E-state index in [1.54, 1.807) is 12.1 Å². The molecule has 2 nitrogen and oxygen atoms in total. The number of benzene rings is 1. The lowest BCUT2D eigenvalue weighted by Gasteiger charge is -2.18. The van der Waals surface area contributed by atoms with Gasteiger partial charge in [-0.3, -0.25) is 0 Å². The Kier molecular flexibility index (Phi) is 2.80. The Labute approximate surface area is 89.9 Å². The van der Waals surface area contributed by atoms with E-state index in [9.17, 15) is 4.39 Å². The molecule has 2 rings (SSSR count). The van der Waals surface area contributed by atoms with Crippen LogP contribution >= 0.6 is 0 Å². The second kappa shape index (κ2) is 4.09. The highest BCUT2D eigenvalue weighted by atomic mass is 19.1. The number of nitrogens with one attached hydrogen (secondary N) is 2. The molecule has 1 aromatic carbocycles. The Bertz CT molecular complexity index is 349. The number of rotatable bonds is 1. The van der Waals surface area contributed by atoms with Crippen LogP contribution in [0, 0.1) is 17.7 Å². The Balaban J connectivity index is 2.18. The van der Waals surface area contributed by atoms with Crippen molar-refractivity contribution in [3.8, 4) is 0 Å². The van der Waals surface area contributed by atoms with E-state index in [0.29, 0.717) is 11.8 Å². The van der Waals surface area contributed by atoms with Crippen LogP contribution in [0.5, 0.6) is 0 Å². The average molecular weight is 208 g/mol. The maximum Gasteiger partial charge on any atom is 0.125 e. The van der Waals surface area contributed by atoms with Gasteiger partial charge in [0.15, 0.2) is 0 Å². The SMILES string of the molecule is CC(C)C1CNc2ccc(F)cc2NC1. The van der Waals surface area contributed by atoms with Crippen molar-refractivity contribution in [1.82, 2.24) is 0 Å². The predicted molar refractivity (Wildman–Crippen MR) is 61.7 cm³/mol. The molecule has 3 heteroatoms. The Morgan fingerprint density at radius 1 is 1.20 bits per heavy atom. The summed E-state index contributed by atoms with van der Waals surface area (Å²) in [5, 5.41) is 6.65. The summed E-state index contributed by atoms with van der Waals surface area (Å²) in [6, 6.07) is 4.83. The van der Waals surface area contributed by atoms with Crippen LogP contribution in [0.15, 0.2) is 18.2 Å². The molecule has 0 spiro atoms. The standard InChI is InChI=1S/C12H17FN2/c1-8(2)9-6-14-11-4-3-10(13)5-12(11)15-7-9/h3-5,8-9,14-15H,6-7H2,1-2H3. The fraction of sp³-hybridized carbons (Fsp3) is 0.500. The van der Waals surface area contributed by atoms with Crippen molar-refractivity contribution in [2.45, 2.75) is 13.8 Å². The van der Waals surface area contributed by atoms with Gasteiger partial charge in [-0.15, -0.1) is 0 Å². The second-order valence-corrected chi connectivity index (χ2v) is 4.46. The van der Waals surface area contributed by atoms with Gasteiger partial charge < -0.3 is 10.6 Å². The normalized spacial score (nSPS) is 20.1. The van der Waals surface area contributed by atoms with Gasteiger partial charge in [0.2, 0.25) is 0 Å². The van der Waals surface area contributed by atoms with Gasteiger partial charge in [-0.2, -0.15) is 0 Å². The fourth-order valence-corrected chi connectivity index (χ4v) is 1.84. The van der Waals surface area contributed by atoms with E-state index in [-0.39, 0.29) is 5.82 Å². The molecule has 1 aromatic rings. The molecule has 0 saturated carbocycles. The molecule has 0 radical (unpaired) electrons. The molecule has 0 aromatic heterocycles. The summed E-state index contributed by atoms with van der Waals surface area (Å²) in [6.45, 7) is 6.28. The first-order valence-electron chi connectivity index (χ1n) is 5.44. The van der Waals surface area contributed by atoms with Gasteiger partial charge in [0.1, 0.15) is 5.82 Å². The van der Waals surface area contributed by atoms with Crippen molar-refractivity contribution in [1.29, 1.82) is 0 Å². The number of fused-ring (bicyclic) bond motifs is 1. The van der Waals surface area contributed by atoms with Crippen molar-refractivity contribution in [2.24, 2.45) is 11.8 Å². The first-order chi connectivity index (χ1) is 7.16. The van der Waals surface area contributed by atoms with Crippen molar-refractivity contribution < 1.29 is 4.39 Å². The highest BCUT2D eigenvalue weighted by Crippen LogP contribution is 2.27. The van der Waals surface area contributed by atoms with E-state index in [0.717, 1.165) is 24.5 Å². The third kappa shape index (κ3) is 2.22. The number of hydrogen-bond acceptors (Lipinski definition) is 2. The first-order valence-corrected chi connectivity index (χ1v) is 5.44. The van der Waals surface area contributed by atoms with Gasteiger partial charge in [0.25, 0.3) is 0 Å². The molecule has 0 bridgehead atoms. The van der Waals surface area contributed by atoms with Crippen molar-refractivity contribution >= 4 is 11.4 Å². The van der Waals surface area contributed by atoms with Crippen LogP contribution in [-0.2, 0) is 0 Å². The Morgan fingerprint density at radius 3 is 2.53 bits per heavy atom. The minimum Gasteiger partial charge on any atom is -0.383 e. The van der Waals surface area contributed by atoms with Crippen LogP contribution < -0.4 is 10.6 Å². The van der Waals surface area contributed by atoms with Crippen LogP contribution in [0.25, 0.3) is 0 Å². The number of anilines is 2. The minimum atomic E-state index is -0.189. The molecular weight excluding hydrogens is 191 g/mol. The van der Waals surface area contributed by atoms with Gasteiger partial charge in [-0.25, -0.2) is 4.39 Å². The second-order valence-electron chi connectivity index (χ2n) is 4.46. The van der Waals surface area contributed by atoms with E-state index in [1.807, 2.05) is 0 Å². The van der Waals surface area contributed by atoms with E-state index in [2.05, 4.69) is 24.5 Å². The number of hydrogen-bond donors (Lipinski definition) is 2. The predicted octanol–water partition coefficient (Wildman–Crippen LogP) is 2.94. The quantitative estimate of drug-likeness (QED) is 0.741. The molecule has 0 amide bonds. The molecule has 1 unspecified atom stereocenters. The molecule has 1 heterocycles. The fourth-order valence-electron chi connectivity index (χ4n) is 1.84. The molecule has 1 aliphatic rings. The van der Waals surface area contributed by atoms with Crippen LogP contribution in [0.3, 0.4) is 0 Å². The van der Waals surface area contributed by atoms with E-state index in [4.69, 9.17) is 0 Å². The number of halogens is 1. The zero-order valence-electron chi connectivity index (χ0n) is 9.18. The largest absolute Gasteiger partial charge is 0.383 e. The topological polar surface area (TPSA) is 24.1 Å².